The fourth-order valence-corrected chi connectivity index (χ4v) is 3.21. The van der Waals surface area contributed by atoms with Gasteiger partial charge in [0.1, 0.15) is 6.54 Å². The minimum absolute atomic E-state index is 0.00719. The summed E-state index contributed by atoms with van der Waals surface area (Å²) in [5.41, 5.74) is 0.329. The Kier molecular flexibility index (Phi) is 6.54. The van der Waals surface area contributed by atoms with Gasteiger partial charge in [-0.2, -0.15) is 0 Å². The summed E-state index contributed by atoms with van der Waals surface area (Å²) in [6, 6.07) is 3.75. The lowest BCUT2D eigenvalue weighted by Gasteiger charge is -2.28. The molecule has 0 aliphatic carbocycles. The summed E-state index contributed by atoms with van der Waals surface area (Å²) >= 11 is 0. The molecule has 0 spiro atoms. The summed E-state index contributed by atoms with van der Waals surface area (Å²) in [6.45, 7) is 1.89. The number of ether oxygens (including phenoxy) is 1. The van der Waals surface area contributed by atoms with Crippen LogP contribution in [0.4, 0.5) is 4.39 Å². The Labute approximate surface area is 151 Å². The molecule has 1 heterocycles. The third-order valence-corrected chi connectivity index (χ3v) is 4.53. The average Bonchev–Trinajstić information content (AvgIpc) is 2.85. The number of carbonyl (C=O) groups is 3. The molecule has 0 saturated carbocycles. The van der Waals surface area contributed by atoms with Gasteiger partial charge in [-0.25, -0.2) is 4.39 Å². The molecule has 0 aromatic heterocycles. The Balaban J connectivity index is 2.08. The second-order valence-corrected chi connectivity index (χ2v) is 6.27. The van der Waals surface area contributed by atoms with Gasteiger partial charge in [-0.05, 0) is 37.5 Å². The molecule has 1 saturated heterocycles. The van der Waals surface area contributed by atoms with Crippen molar-refractivity contribution in [3.63, 3.8) is 0 Å². The van der Waals surface area contributed by atoms with E-state index in [-0.39, 0.29) is 30.2 Å². The van der Waals surface area contributed by atoms with E-state index in [0.29, 0.717) is 37.9 Å². The summed E-state index contributed by atoms with van der Waals surface area (Å²) < 4.78 is 18.4. The lowest BCUT2D eigenvalue weighted by atomic mass is 10.1. The van der Waals surface area contributed by atoms with Gasteiger partial charge in [-0.3, -0.25) is 14.4 Å². The number of hydrogen-bond donors (Lipinski definition) is 1. The lowest BCUT2D eigenvalue weighted by Crippen LogP contribution is -2.43. The number of methoxy groups -OCH3 is 1. The fraction of sp³-hybridized carbons (Fsp3) is 0.500. The van der Waals surface area contributed by atoms with Crippen molar-refractivity contribution in [2.75, 3.05) is 26.7 Å². The number of carboxylic acids is 1. The van der Waals surface area contributed by atoms with Crippen LogP contribution < -0.4 is 4.74 Å². The molecule has 1 atom stereocenters. The van der Waals surface area contributed by atoms with Gasteiger partial charge < -0.3 is 19.6 Å². The first-order chi connectivity index (χ1) is 12.3. The molecule has 1 unspecified atom stereocenters. The van der Waals surface area contributed by atoms with Crippen molar-refractivity contribution in [3.8, 4) is 5.75 Å². The Hall–Kier alpha value is -2.64. The van der Waals surface area contributed by atoms with Crippen LogP contribution in [0.5, 0.6) is 5.75 Å². The standard InChI is InChI=1S/C18H23FN2O5/c1-12(22)21(11-17(23)24)14-4-3-8-20(9-7-14)18(25)13-5-6-15(19)16(10-13)26-2/h5-6,10,14H,3-4,7-9,11H2,1-2H3,(H,23,24). The van der Waals surface area contributed by atoms with E-state index in [4.69, 9.17) is 9.84 Å². The molecule has 26 heavy (non-hydrogen) atoms. The van der Waals surface area contributed by atoms with Gasteiger partial charge in [-0.1, -0.05) is 0 Å². The number of benzene rings is 1. The quantitative estimate of drug-likeness (QED) is 0.858. The Morgan fingerprint density at radius 2 is 2.04 bits per heavy atom. The highest BCUT2D eigenvalue weighted by atomic mass is 19.1. The van der Waals surface area contributed by atoms with E-state index < -0.39 is 11.8 Å². The summed E-state index contributed by atoms with van der Waals surface area (Å²) in [5, 5.41) is 8.99. The van der Waals surface area contributed by atoms with E-state index in [1.54, 1.807) is 4.90 Å². The molecule has 1 aromatic rings. The highest BCUT2D eigenvalue weighted by Gasteiger charge is 2.28. The zero-order valence-electron chi connectivity index (χ0n) is 14.9. The van der Waals surface area contributed by atoms with Gasteiger partial charge in [-0.15, -0.1) is 0 Å². The van der Waals surface area contributed by atoms with Crippen molar-refractivity contribution >= 4 is 17.8 Å². The first-order valence-electron chi connectivity index (χ1n) is 8.45. The van der Waals surface area contributed by atoms with Crippen molar-refractivity contribution < 1.29 is 28.6 Å². The molecule has 1 fully saturated rings. The number of nitrogens with zero attached hydrogens (tertiary/aromatic N) is 2. The molecular formula is C18H23FN2O5. The molecule has 1 N–H and O–H groups in total. The highest BCUT2D eigenvalue weighted by molar-refractivity contribution is 5.94. The SMILES string of the molecule is COc1cc(C(=O)N2CCCC(N(CC(=O)O)C(C)=O)CC2)ccc1F. The Morgan fingerprint density at radius 3 is 2.65 bits per heavy atom. The first kappa shape index (κ1) is 19.7. The van der Waals surface area contributed by atoms with Gasteiger partial charge in [0.15, 0.2) is 11.6 Å². The van der Waals surface area contributed by atoms with Crippen molar-refractivity contribution in [1.82, 2.24) is 9.80 Å². The maximum atomic E-state index is 13.5. The van der Waals surface area contributed by atoms with E-state index in [2.05, 4.69) is 0 Å². The summed E-state index contributed by atoms with van der Waals surface area (Å²) in [4.78, 5) is 38.4. The summed E-state index contributed by atoms with van der Waals surface area (Å²) in [5.74, 6) is -2.12. The van der Waals surface area contributed by atoms with Crippen LogP contribution in [0.25, 0.3) is 0 Å². The van der Waals surface area contributed by atoms with Gasteiger partial charge in [0.2, 0.25) is 5.91 Å². The number of carbonyl (C=O) groups excluding carboxylic acids is 2. The van der Waals surface area contributed by atoms with Crippen LogP contribution >= 0.6 is 0 Å². The van der Waals surface area contributed by atoms with E-state index >= 15 is 0 Å². The van der Waals surface area contributed by atoms with Crippen LogP contribution in [-0.4, -0.2) is 65.5 Å². The third kappa shape index (κ3) is 4.71. The molecule has 2 amide bonds. The zero-order valence-corrected chi connectivity index (χ0v) is 14.9. The molecule has 142 valence electrons. The fourth-order valence-electron chi connectivity index (χ4n) is 3.21. The molecule has 0 bridgehead atoms. The van der Waals surface area contributed by atoms with Crippen LogP contribution in [0.2, 0.25) is 0 Å². The monoisotopic (exact) mass is 366 g/mol. The van der Waals surface area contributed by atoms with Crippen molar-refractivity contribution in [1.29, 1.82) is 0 Å². The lowest BCUT2D eigenvalue weighted by molar-refractivity contribution is -0.145. The molecule has 2 rings (SSSR count). The molecule has 8 heteroatoms. The maximum Gasteiger partial charge on any atom is 0.323 e. The van der Waals surface area contributed by atoms with Crippen molar-refractivity contribution in [2.24, 2.45) is 0 Å². The molecular weight excluding hydrogens is 343 g/mol. The van der Waals surface area contributed by atoms with E-state index in [1.807, 2.05) is 0 Å². The number of likely N-dealkylation sites (tertiary alicyclic amines) is 1. The predicted octanol–water partition coefficient (Wildman–Crippen LogP) is 1.76. The van der Waals surface area contributed by atoms with Crippen molar-refractivity contribution in [2.45, 2.75) is 32.2 Å². The smallest absolute Gasteiger partial charge is 0.323 e. The topological polar surface area (TPSA) is 87.2 Å². The predicted molar refractivity (Wildman–Crippen MR) is 91.5 cm³/mol. The summed E-state index contributed by atoms with van der Waals surface area (Å²) in [6.07, 6.45) is 1.78. The van der Waals surface area contributed by atoms with Crippen molar-refractivity contribution in [3.05, 3.63) is 29.6 Å². The van der Waals surface area contributed by atoms with E-state index in [9.17, 15) is 18.8 Å². The third-order valence-electron chi connectivity index (χ3n) is 4.53. The second kappa shape index (κ2) is 8.64. The largest absolute Gasteiger partial charge is 0.494 e. The highest BCUT2D eigenvalue weighted by Crippen LogP contribution is 2.22. The van der Waals surface area contributed by atoms with E-state index in [1.165, 1.54) is 37.1 Å². The number of amides is 2. The van der Waals surface area contributed by atoms with Gasteiger partial charge in [0.05, 0.1) is 7.11 Å². The molecule has 7 nitrogen and oxygen atoms in total. The van der Waals surface area contributed by atoms with Crippen LogP contribution in [0.1, 0.15) is 36.5 Å². The second-order valence-electron chi connectivity index (χ2n) is 6.27. The Bertz CT molecular complexity index is 694. The van der Waals surface area contributed by atoms with Crippen LogP contribution in [0.15, 0.2) is 18.2 Å². The number of halogens is 1. The molecule has 0 radical (unpaired) electrons. The number of aliphatic carboxylic acids is 1. The van der Waals surface area contributed by atoms with Gasteiger partial charge in [0, 0.05) is 31.6 Å². The molecule has 1 aliphatic heterocycles. The van der Waals surface area contributed by atoms with Gasteiger partial charge in [0.25, 0.3) is 5.91 Å². The maximum absolute atomic E-state index is 13.5. The first-order valence-corrected chi connectivity index (χ1v) is 8.45. The number of carboxylic acid groups (broad SMARTS) is 1. The average molecular weight is 366 g/mol. The summed E-state index contributed by atoms with van der Waals surface area (Å²) in [7, 11) is 1.34. The minimum Gasteiger partial charge on any atom is -0.494 e. The molecule has 1 aliphatic rings. The molecule has 1 aromatic carbocycles. The Morgan fingerprint density at radius 1 is 1.31 bits per heavy atom. The number of hydrogen-bond acceptors (Lipinski definition) is 4. The van der Waals surface area contributed by atoms with E-state index in [0.717, 1.165) is 0 Å². The normalized spacial score (nSPS) is 17.3. The minimum atomic E-state index is -1.06. The van der Waals surface area contributed by atoms with Gasteiger partial charge >= 0.3 is 5.97 Å². The van der Waals surface area contributed by atoms with Crippen LogP contribution in [0, 0.1) is 5.82 Å². The van der Waals surface area contributed by atoms with Crippen LogP contribution in [0.3, 0.4) is 0 Å². The van der Waals surface area contributed by atoms with Crippen LogP contribution in [-0.2, 0) is 9.59 Å². The number of rotatable bonds is 5. The zero-order chi connectivity index (χ0) is 19.3.